The minimum atomic E-state index is -0.777. The molecule has 1 unspecified atom stereocenters. The maximum absolute atomic E-state index is 12.8. The van der Waals surface area contributed by atoms with Gasteiger partial charge < -0.3 is 14.2 Å². The molecule has 0 aliphatic carbocycles. The smallest absolute Gasteiger partial charge is 0.306 e. The molecule has 0 fully saturated rings. The van der Waals surface area contributed by atoms with Gasteiger partial charge in [0, 0.05) is 19.3 Å². The lowest BCUT2D eigenvalue weighted by Gasteiger charge is -2.18. The number of hydrogen-bond donors (Lipinski definition) is 0. The van der Waals surface area contributed by atoms with Crippen LogP contribution in [-0.4, -0.2) is 37.2 Å². The summed E-state index contributed by atoms with van der Waals surface area (Å²) in [6.45, 7) is 6.49. The average molecular weight is 881 g/mol. The zero-order valence-corrected chi connectivity index (χ0v) is 41.6. The fourth-order valence-electron chi connectivity index (χ4n) is 7.47. The summed E-state index contributed by atoms with van der Waals surface area (Å²) in [6, 6.07) is 0. The van der Waals surface area contributed by atoms with Gasteiger partial charge in [-0.2, -0.15) is 0 Å². The topological polar surface area (TPSA) is 78.9 Å². The van der Waals surface area contributed by atoms with E-state index in [1.54, 1.807) is 0 Å². The molecule has 0 amide bonds. The van der Waals surface area contributed by atoms with Crippen LogP contribution in [0.15, 0.2) is 60.8 Å². The van der Waals surface area contributed by atoms with Crippen molar-refractivity contribution in [3.05, 3.63) is 60.8 Å². The molecular weight excluding hydrogens is 781 g/mol. The maximum atomic E-state index is 12.8. The fraction of sp³-hybridized carbons (Fsp3) is 0.772. The second-order valence-corrected chi connectivity index (χ2v) is 17.8. The van der Waals surface area contributed by atoms with E-state index in [-0.39, 0.29) is 31.1 Å². The Morgan fingerprint density at radius 3 is 1.03 bits per heavy atom. The number of esters is 3. The van der Waals surface area contributed by atoms with Gasteiger partial charge in [0.1, 0.15) is 13.2 Å². The summed E-state index contributed by atoms with van der Waals surface area (Å²) in [7, 11) is 0. The standard InChI is InChI=1S/C57H100O6/c1-4-7-10-13-16-19-22-24-25-26-27-28-29-30-31-33-35-38-41-44-47-50-56(59)62-53-54(52-61-55(58)49-46-43-40-37-34-21-18-15-12-9-6-3)63-57(60)51-48-45-42-39-36-32-23-20-17-14-11-8-5-2/h7,10,15-16,18-19,24-25,27-28,54H,4-6,8-9,11-14,17,20-23,26,29-53H2,1-3H3/b10-7-,18-15-,19-16-,25-24-,28-27-. The van der Waals surface area contributed by atoms with Crippen LogP contribution in [0.4, 0.5) is 0 Å². The molecule has 0 aromatic carbocycles. The van der Waals surface area contributed by atoms with E-state index in [2.05, 4.69) is 81.5 Å². The number of unbranched alkanes of at least 4 members (excludes halogenated alkanes) is 27. The third kappa shape index (κ3) is 50.0. The first kappa shape index (κ1) is 60.1. The van der Waals surface area contributed by atoms with Crippen LogP contribution in [-0.2, 0) is 28.6 Å². The van der Waals surface area contributed by atoms with Crippen molar-refractivity contribution >= 4 is 17.9 Å². The molecule has 0 radical (unpaired) electrons. The van der Waals surface area contributed by atoms with Gasteiger partial charge in [-0.3, -0.25) is 14.4 Å². The van der Waals surface area contributed by atoms with Crippen LogP contribution in [0, 0.1) is 0 Å². The Morgan fingerprint density at radius 2 is 0.635 bits per heavy atom. The Morgan fingerprint density at radius 1 is 0.333 bits per heavy atom. The minimum Gasteiger partial charge on any atom is -0.462 e. The lowest BCUT2D eigenvalue weighted by atomic mass is 10.0. The van der Waals surface area contributed by atoms with E-state index in [1.807, 2.05) is 0 Å². The molecule has 0 N–H and O–H groups in total. The monoisotopic (exact) mass is 881 g/mol. The number of allylic oxidation sites excluding steroid dienone is 10. The highest BCUT2D eigenvalue weighted by Crippen LogP contribution is 2.15. The molecular formula is C57H100O6. The molecule has 6 heteroatoms. The molecule has 364 valence electrons. The van der Waals surface area contributed by atoms with Crippen molar-refractivity contribution in [2.45, 2.75) is 271 Å². The molecule has 0 spiro atoms. The Bertz CT molecular complexity index is 1150. The number of carbonyl (C=O) groups excluding carboxylic acids is 3. The SMILES string of the molecule is CC/C=C\C/C=C\C/C=C\C/C=C\CCCCCCCCCCC(=O)OCC(COC(=O)CCCCCCC/C=C\CCCC)OC(=O)CCCCCCCCCCCCCCC. The van der Waals surface area contributed by atoms with Crippen LogP contribution in [0.1, 0.15) is 265 Å². The van der Waals surface area contributed by atoms with Crippen molar-refractivity contribution in [2.75, 3.05) is 13.2 Å². The molecule has 0 saturated heterocycles. The first-order chi connectivity index (χ1) is 31.0. The van der Waals surface area contributed by atoms with Gasteiger partial charge in [0.05, 0.1) is 0 Å². The minimum absolute atomic E-state index is 0.0791. The van der Waals surface area contributed by atoms with Gasteiger partial charge in [0.25, 0.3) is 0 Å². The van der Waals surface area contributed by atoms with Gasteiger partial charge >= 0.3 is 17.9 Å². The maximum Gasteiger partial charge on any atom is 0.306 e. The first-order valence-electron chi connectivity index (χ1n) is 26.8. The molecule has 0 aromatic rings. The molecule has 0 bridgehead atoms. The molecule has 0 heterocycles. The summed E-state index contributed by atoms with van der Waals surface area (Å²) < 4.78 is 16.8. The lowest BCUT2D eigenvalue weighted by molar-refractivity contribution is -0.167. The first-order valence-corrected chi connectivity index (χ1v) is 26.8. The summed E-state index contributed by atoms with van der Waals surface area (Å²) in [5.41, 5.74) is 0. The molecule has 6 nitrogen and oxygen atoms in total. The van der Waals surface area contributed by atoms with Gasteiger partial charge in [0.15, 0.2) is 6.10 Å². The van der Waals surface area contributed by atoms with Crippen LogP contribution in [0.5, 0.6) is 0 Å². The third-order valence-electron chi connectivity index (χ3n) is 11.5. The summed E-state index contributed by atoms with van der Waals surface area (Å²) in [4.78, 5) is 38.0. The van der Waals surface area contributed by atoms with Gasteiger partial charge in [-0.1, -0.05) is 229 Å². The Labute approximate surface area is 390 Å². The van der Waals surface area contributed by atoms with Gasteiger partial charge in [-0.05, 0) is 77.0 Å². The molecule has 0 aromatic heterocycles. The van der Waals surface area contributed by atoms with Crippen LogP contribution < -0.4 is 0 Å². The highest BCUT2D eigenvalue weighted by atomic mass is 16.6. The van der Waals surface area contributed by atoms with Crippen LogP contribution >= 0.6 is 0 Å². The lowest BCUT2D eigenvalue weighted by Crippen LogP contribution is -2.30. The predicted molar refractivity (Wildman–Crippen MR) is 270 cm³/mol. The van der Waals surface area contributed by atoms with Crippen molar-refractivity contribution in [1.29, 1.82) is 0 Å². The molecule has 0 aliphatic heterocycles. The number of carbonyl (C=O) groups is 3. The van der Waals surface area contributed by atoms with E-state index in [0.29, 0.717) is 19.3 Å². The van der Waals surface area contributed by atoms with Crippen molar-refractivity contribution in [2.24, 2.45) is 0 Å². The van der Waals surface area contributed by atoms with E-state index in [1.165, 1.54) is 128 Å². The quantitative estimate of drug-likeness (QED) is 0.0262. The van der Waals surface area contributed by atoms with Crippen molar-refractivity contribution in [3.8, 4) is 0 Å². The Hall–Kier alpha value is -2.89. The molecule has 63 heavy (non-hydrogen) atoms. The van der Waals surface area contributed by atoms with E-state index in [4.69, 9.17) is 14.2 Å². The van der Waals surface area contributed by atoms with E-state index in [9.17, 15) is 14.4 Å². The van der Waals surface area contributed by atoms with Crippen LogP contribution in [0.2, 0.25) is 0 Å². The van der Waals surface area contributed by atoms with Crippen molar-refractivity contribution in [3.63, 3.8) is 0 Å². The van der Waals surface area contributed by atoms with Crippen LogP contribution in [0.3, 0.4) is 0 Å². The van der Waals surface area contributed by atoms with Crippen molar-refractivity contribution in [1.82, 2.24) is 0 Å². The van der Waals surface area contributed by atoms with E-state index >= 15 is 0 Å². The molecule has 1 atom stereocenters. The van der Waals surface area contributed by atoms with Gasteiger partial charge in [-0.15, -0.1) is 0 Å². The summed E-state index contributed by atoms with van der Waals surface area (Å²) in [6.07, 6.45) is 63.5. The second-order valence-electron chi connectivity index (χ2n) is 17.8. The normalized spacial score (nSPS) is 12.5. The van der Waals surface area contributed by atoms with E-state index < -0.39 is 6.10 Å². The highest BCUT2D eigenvalue weighted by Gasteiger charge is 2.19. The average Bonchev–Trinajstić information content (AvgIpc) is 3.28. The second kappa shape index (κ2) is 51.7. The third-order valence-corrected chi connectivity index (χ3v) is 11.5. The summed E-state index contributed by atoms with van der Waals surface area (Å²) in [5, 5.41) is 0. The Balaban J connectivity index is 4.31. The van der Waals surface area contributed by atoms with Gasteiger partial charge in [0.2, 0.25) is 0 Å². The van der Waals surface area contributed by atoms with Gasteiger partial charge in [-0.25, -0.2) is 0 Å². The Kier molecular flexibility index (Phi) is 49.4. The number of hydrogen-bond acceptors (Lipinski definition) is 6. The number of rotatable bonds is 48. The summed E-state index contributed by atoms with van der Waals surface area (Å²) in [5.74, 6) is -0.889. The van der Waals surface area contributed by atoms with Crippen molar-refractivity contribution < 1.29 is 28.6 Å². The zero-order chi connectivity index (χ0) is 45.8. The largest absolute Gasteiger partial charge is 0.462 e. The van der Waals surface area contributed by atoms with E-state index in [0.717, 1.165) is 96.3 Å². The fourth-order valence-corrected chi connectivity index (χ4v) is 7.47. The predicted octanol–water partition coefficient (Wildman–Crippen LogP) is 17.6. The molecule has 0 saturated carbocycles. The number of ether oxygens (including phenoxy) is 3. The highest BCUT2D eigenvalue weighted by molar-refractivity contribution is 5.71. The van der Waals surface area contributed by atoms with Crippen LogP contribution in [0.25, 0.3) is 0 Å². The molecule has 0 rings (SSSR count). The summed E-state index contributed by atoms with van der Waals surface area (Å²) >= 11 is 0. The molecule has 0 aliphatic rings. The zero-order valence-electron chi connectivity index (χ0n) is 41.6.